The maximum atomic E-state index is 12.0. The van der Waals surface area contributed by atoms with Crippen LogP contribution in [0.3, 0.4) is 0 Å². The molecule has 0 fully saturated rings. The summed E-state index contributed by atoms with van der Waals surface area (Å²) in [6, 6.07) is 0. The SMILES string of the molecule is [C-]#[N+]c1sc2c(c1C(=O)OCC)CCN(C(=O)OCC)C2. The van der Waals surface area contributed by atoms with Gasteiger partial charge in [0.05, 0.1) is 31.9 Å². The van der Waals surface area contributed by atoms with Crippen LogP contribution in [0.4, 0.5) is 9.80 Å². The van der Waals surface area contributed by atoms with Crippen molar-refractivity contribution in [2.24, 2.45) is 0 Å². The first-order valence-corrected chi connectivity index (χ1v) is 7.54. The van der Waals surface area contributed by atoms with Crippen molar-refractivity contribution in [3.63, 3.8) is 0 Å². The Bertz CT molecular complexity index is 603. The number of nitrogens with zero attached hydrogens (tertiary/aromatic N) is 2. The summed E-state index contributed by atoms with van der Waals surface area (Å²) >= 11 is 1.25. The van der Waals surface area contributed by atoms with E-state index in [-0.39, 0.29) is 12.7 Å². The lowest BCUT2D eigenvalue weighted by Crippen LogP contribution is -2.36. The number of carbonyl (C=O) groups is 2. The van der Waals surface area contributed by atoms with E-state index in [1.807, 2.05) is 0 Å². The molecule has 0 spiro atoms. The molecule has 0 radical (unpaired) electrons. The topological polar surface area (TPSA) is 60.2 Å². The van der Waals surface area contributed by atoms with Crippen LogP contribution in [0.1, 0.15) is 34.6 Å². The number of fused-ring (bicyclic) bond motifs is 1. The maximum Gasteiger partial charge on any atom is 0.410 e. The second-order valence-electron chi connectivity index (χ2n) is 4.39. The molecule has 1 aromatic heterocycles. The third kappa shape index (κ3) is 3.00. The van der Waals surface area contributed by atoms with Crippen molar-refractivity contribution in [1.82, 2.24) is 4.90 Å². The van der Waals surface area contributed by atoms with Crippen LogP contribution in [0.5, 0.6) is 0 Å². The minimum Gasteiger partial charge on any atom is -0.463 e. The predicted molar refractivity (Wildman–Crippen MR) is 77.7 cm³/mol. The average Bonchev–Trinajstić information content (AvgIpc) is 2.85. The van der Waals surface area contributed by atoms with Crippen LogP contribution in [0.2, 0.25) is 0 Å². The van der Waals surface area contributed by atoms with Crippen LogP contribution < -0.4 is 0 Å². The summed E-state index contributed by atoms with van der Waals surface area (Å²) in [4.78, 5) is 29.6. The molecule has 0 saturated heterocycles. The van der Waals surface area contributed by atoms with Crippen molar-refractivity contribution in [2.45, 2.75) is 26.8 Å². The molecule has 21 heavy (non-hydrogen) atoms. The Labute approximate surface area is 127 Å². The van der Waals surface area contributed by atoms with Gasteiger partial charge >= 0.3 is 12.1 Å². The number of esters is 1. The van der Waals surface area contributed by atoms with Gasteiger partial charge in [0.2, 0.25) is 0 Å². The highest BCUT2D eigenvalue weighted by atomic mass is 32.1. The van der Waals surface area contributed by atoms with Gasteiger partial charge < -0.3 is 14.4 Å². The highest BCUT2D eigenvalue weighted by Crippen LogP contribution is 2.39. The summed E-state index contributed by atoms with van der Waals surface area (Å²) in [6.07, 6.45) is 0.174. The minimum atomic E-state index is -0.453. The highest BCUT2D eigenvalue weighted by molar-refractivity contribution is 7.16. The Hall–Kier alpha value is -2.07. The van der Waals surface area contributed by atoms with E-state index in [0.29, 0.717) is 36.7 Å². The number of hydrogen-bond acceptors (Lipinski definition) is 5. The molecule has 7 heteroatoms. The summed E-state index contributed by atoms with van der Waals surface area (Å²) < 4.78 is 10.0. The van der Waals surface area contributed by atoms with Gasteiger partial charge in [-0.2, -0.15) is 11.3 Å². The van der Waals surface area contributed by atoms with Crippen molar-refractivity contribution in [2.75, 3.05) is 19.8 Å². The molecule has 6 nitrogen and oxygen atoms in total. The van der Waals surface area contributed by atoms with Crippen molar-refractivity contribution >= 4 is 28.4 Å². The molecule has 0 bridgehead atoms. The van der Waals surface area contributed by atoms with Crippen LogP contribution in [0, 0.1) is 6.57 Å². The van der Waals surface area contributed by atoms with E-state index in [1.54, 1.807) is 18.7 Å². The Kier molecular flexibility index (Phi) is 4.81. The summed E-state index contributed by atoms with van der Waals surface area (Å²) in [5, 5.41) is 0.337. The molecule has 1 aliphatic heterocycles. The molecule has 0 unspecified atom stereocenters. The lowest BCUT2D eigenvalue weighted by atomic mass is 10.0. The monoisotopic (exact) mass is 308 g/mol. The third-order valence-corrected chi connectivity index (χ3v) is 4.26. The fraction of sp³-hybridized carbons (Fsp3) is 0.500. The molecule has 2 heterocycles. The molecule has 0 aromatic carbocycles. The second-order valence-corrected chi connectivity index (χ2v) is 5.47. The van der Waals surface area contributed by atoms with Crippen LogP contribution >= 0.6 is 11.3 Å². The van der Waals surface area contributed by atoms with E-state index in [0.717, 1.165) is 10.4 Å². The van der Waals surface area contributed by atoms with E-state index < -0.39 is 5.97 Å². The lowest BCUT2D eigenvalue weighted by Gasteiger charge is -2.26. The first-order chi connectivity index (χ1) is 10.1. The molecule has 1 amide bonds. The Balaban J connectivity index is 2.29. The third-order valence-electron chi connectivity index (χ3n) is 3.15. The Morgan fingerprint density at radius 2 is 2.05 bits per heavy atom. The van der Waals surface area contributed by atoms with Gasteiger partial charge in [-0.3, -0.25) is 0 Å². The zero-order valence-corrected chi connectivity index (χ0v) is 12.8. The lowest BCUT2D eigenvalue weighted by molar-refractivity contribution is 0.0526. The van der Waals surface area contributed by atoms with Crippen molar-refractivity contribution in [3.8, 4) is 0 Å². The second kappa shape index (κ2) is 6.59. The number of ether oxygens (including phenoxy) is 2. The molecule has 2 rings (SSSR count). The molecule has 1 aromatic rings. The van der Waals surface area contributed by atoms with Crippen LogP contribution in [-0.4, -0.2) is 36.7 Å². The fourth-order valence-electron chi connectivity index (χ4n) is 2.25. The van der Waals surface area contributed by atoms with Crippen molar-refractivity contribution < 1.29 is 19.1 Å². The van der Waals surface area contributed by atoms with E-state index in [9.17, 15) is 9.59 Å². The van der Waals surface area contributed by atoms with Gasteiger partial charge in [0, 0.05) is 11.4 Å². The molecule has 0 atom stereocenters. The molecule has 0 N–H and O–H groups in total. The smallest absolute Gasteiger partial charge is 0.410 e. The number of hydrogen-bond donors (Lipinski definition) is 0. The van der Waals surface area contributed by atoms with Crippen molar-refractivity contribution in [3.05, 3.63) is 27.4 Å². The Morgan fingerprint density at radius 1 is 1.33 bits per heavy atom. The number of amides is 1. The summed E-state index contributed by atoms with van der Waals surface area (Å²) in [5.41, 5.74) is 1.21. The van der Waals surface area contributed by atoms with Gasteiger partial charge in [0.15, 0.2) is 0 Å². The van der Waals surface area contributed by atoms with E-state index in [1.165, 1.54) is 11.3 Å². The number of rotatable bonds is 3. The largest absolute Gasteiger partial charge is 0.463 e. The molecule has 0 aliphatic carbocycles. The summed E-state index contributed by atoms with van der Waals surface area (Å²) in [6.45, 7) is 12.2. The van der Waals surface area contributed by atoms with E-state index in [2.05, 4.69) is 4.85 Å². The summed E-state index contributed by atoms with van der Waals surface area (Å²) in [7, 11) is 0. The molecular formula is C14H16N2O4S. The van der Waals surface area contributed by atoms with Gasteiger partial charge in [-0.25, -0.2) is 14.4 Å². The molecule has 0 saturated carbocycles. The molecule has 112 valence electrons. The molecule has 1 aliphatic rings. The quantitative estimate of drug-likeness (QED) is 0.636. The van der Waals surface area contributed by atoms with E-state index in [4.69, 9.17) is 16.0 Å². The van der Waals surface area contributed by atoms with E-state index >= 15 is 0 Å². The van der Waals surface area contributed by atoms with Crippen LogP contribution in [-0.2, 0) is 22.4 Å². The zero-order valence-electron chi connectivity index (χ0n) is 12.0. The van der Waals surface area contributed by atoms with Gasteiger partial charge in [-0.05, 0) is 25.8 Å². The minimum absolute atomic E-state index is 0.274. The first-order valence-electron chi connectivity index (χ1n) is 6.73. The predicted octanol–water partition coefficient (Wildman–Crippen LogP) is 2.99. The Morgan fingerprint density at radius 3 is 2.67 bits per heavy atom. The maximum absolute atomic E-state index is 12.0. The number of thiophene rings is 1. The van der Waals surface area contributed by atoms with Crippen LogP contribution in [0.25, 0.3) is 4.85 Å². The summed E-state index contributed by atoms with van der Waals surface area (Å²) in [5.74, 6) is -0.453. The highest BCUT2D eigenvalue weighted by Gasteiger charge is 2.30. The number of carbonyl (C=O) groups excluding carboxylic acids is 2. The first kappa shape index (κ1) is 15.3. The fourth-order valence-corrected chi connectivity index (χ4v) is 3.39. The van der Waals surface area contributed by atoms with Crippen LogP contribution in [0.15, 0.2) is 0 Å². The normalized spacial score (nSPS) is 13.3. The van der Waals surface area contributed by atoms with Gasteiger partial charge in [0.25, 0.3) is 5.00 Å². The van der Waals surface area contributed by atoms with Gasteiger partial charge in [0.1, 0.15) is 0 Å². The van der Waals surface area contributed by atoms with Gasteiger partial charge in [-0.1, -0.05) is 0 Å². The molecular weight excluding hydrogens is 292 g/mol. The van der Waals surface area contributed by atoms with Gasteiger partial charge in [-0.15, -0.1) is 0 Å². The standard InChI is InChI=1S/C14H16N2O4S/c1-4-19-13(17)11-9-6-7-16(14(18)20-5-2)8-10(9)21-12(11)15-3/h4-8H2,1-2H3. The van der Waals surface area contributed by atoms with Crippen molar-refractivity contribution in [1.29, 1.82) is 0 Å². The average molecular weight is 308 g/mol. The zero-order chi connectivity index (χ0) is 15.4.